The average Bonchev–Trinajstić information content (AvgIpc) is 3.33. The predicted molar refractivity (Wildman–Crippen MR) is 171 cm³/mol. The Balaban J connectivity index is 1.12. The lowest BCUT2D eigenvalue weighted by molar-refractivity contribution is -0.129. The summed E-state index contributed by atoms with van der Waals surface area (Å²) in [5, 5.41) is 20.2. The van der Waals surface area contributed by atoms with Gasteiger partial charge in [-0.25, -0.2) is 0 Å². The number of fused-ring (bicyclic) bond motifs is 5. The molecule has 4 fully saturated rings. The number of ketones is 1. The van der Waals surface area contributed by atoms with Gasteiger partial charge in [-0.1, -0.05) is 59.6 Å². The highest BCUT2D eigenvalue weighted by Crippen LogP contribution is 2.68. The zero-order chi connectivity index (χ0) is 30.2. The molecule has 4 heteroatoms. The molecule has 0 radical (unpaired) electrons. The molecule has 0 heterocycles. The highest BCUT2D eigenvalue weighted by Gasteiger charge is 2.60. The largest absolute Gasteiger partial charge is 0.504 e. The van der Waals surface area contributed by atoms with Crippen molar-refractivity contribution in [3.8, 4) is 11.5 Å². The number of phenolic OH excluding ortho intramolecular Hbond substituents is 1. The molecule has 0 aliphatic heterocycles. The summed E-state index contributed by atoms with van der Waals surface area (Å²) in [6.45, 7) is 12.4. The number of aliphatic hydroxyl groups excluding tert-OH is 1. The predicted octanol–water partition coefficient (Wildman–Crippen LogP) is 9.08. The lowest BCUT2D eigenvalue weighted by Crippen LogP contribution is -2.54. The van der Waals surface area contributed by atoms with Crippen LogP contribution >= 0.6 is 0 Å². The molecule has 11 atom stereocenters. The number of aliphatic hydroxyl groups is 1. The van der Waals surface area contributed by atoms with Crippen LogP contribution in [0.3, 0.4) is 0 Å². The third-order valence-electron chi connectivity index (χ3n) is 13.6. The van der Waals surface area contributed by atoms with Gasteiger partial charge in [-0.3, -0.25) is 4.79 Å². The van der Waals surface area contributed by atoms with E-state index in [1.165, 1.54) is 64.9 Å². The molecule has 1 aromatic carbocycles. The molecule has 234 valence electrons. The lowest BCUT2D eigenvalue weighted by Gasteiger charge is -2.61. The summed E-state index contributed by atoms with van der Waals surface area (Å²) in [6, 6.07) is 5.14. The maximum absolute atomic E-state index is 12.8. The summed E-state index contributed by atoms with van der Waals surface area (Å²) >= 11 is 0. The van der Waals surface area contributed by atoms with Gasteiger partial charge in [-0.15, -0.1) is 0 Å². The monoisotopic (exact) mass is 578 g/mol. The maximum Gasteiger partial charge on any atom is 0.161 e. The topological polar surface area (TPSA) is 66.8 Å². The zero-order valence-corrected chi connectivity index (χ0v) is 27.3. The van der Waals surface area contributed by atoms with Crippen molar-refractivity contribution in [3.63, 3.8) is 0 Å². The molecule has 2 N–H and O–H groups in total. The quantitative estimate of drug-likeness (QED) is 0.272. The van der Waals surface area contributed by atoms with E-state index in [2.05, 4.69) is 34.6 Å². The van der Waals surface area contributed by atoms with Crippen LogP contribution in [0.2, 0.25) is 0 Å². The number of aromatic hydroxyl groups is 1. The lowest BCUT2D eigenvalue weighted by atomic mass is 9.44. The van der Waals surface area contributed by atoms with Crippen molar-refractivity contribution in [2.75, 3.05) is 7.11 Å². The number of ether oxygens (including phenoxy) is 1. The summed E-state index contributed by atoms with van der Waals surface area (Å²) in [5.41, 5.74) is 1.80. The molecule has 0 aromatic heterocycles. The summed E-state index contributed by atoms with van der Waals surface area (Å²) < 4.78 is 5.18. The van der Waals surface area contributed by atoms with Crippen molar-refractivity contribution in [2.24, 2.45) is 58.2 Å². The minimum atomic E-state index is -0.0555. The number of methoxy groups -OCH3 is 1. The first kappa shape index (κ1) is 31.6. The smallest absolute Gasteiger partial charge is 0.161 e. The second-order valence-electron chi connectivity index (χ2n) is 15.8. The number of phenols is 1. The molecular weight excluding hydrogens is 520 g/mol. The van der Waals surface area contributed by atoms with Gasteiger partial charge in [0.1, 0.15) is 0 Å². The molecule has 0 amide bonds. The van der Waals surface area contributed by atoms with Crippen molar-refractivity contribution in [1.82, 2.24) is 0 Å². The average molecular weight is 579 g/mol. The summed E-state index contributed by atoms with van der Waals surface area (Å²) in [4.78, 5) is 12.8. The Hall–Kier alpha value is -1.81. The van der Waals surface area contributed by atoms with E-state index >= 15 is 0 Å². The van der Waals surface area contributed by atoms with E-state index in [0.717, 1.165) is 53.9 Å². The van der Waals surface area contributed by atoms with E-state index in [1.54, 1.807) is 24.3 Å². The van der Waals surface area contributed by atoms with E-state index in [1.807, 2.05) is 6.08 Å². The minimum absolute atomic E-state index is 0.0555. The van der Waals surface area contributed by atoms with Crippen LogP contribution in [0.5, 0.6) is 11.5 Å². The van der Waals surface area contributed by atoms with Crippen LogP contribution in [0.15, 0.2) is 24.3 Å². The second kappa shape index (κ2) is 12.7. The van der Waals surface area contributed by atoms with E-state index < -0.39 is 0 Å². The fourth-order valence-electron chi connectivity index (χ4n) is 10.8. The molecule has 4 aliphatic carbocycles. The number of carbonyl (C=O) groups is 1. The Kier molecular flexibility index (Phi) is 9.53. The van der Waals surface area contributed by atoms with E-state index in [4.69, 9.17) is 4.74 Å². The normalized spacial score (nSPS) is 38.3. The Morgan fingerprint density at radius 2 is 1.71 bits per heavy atom. The van der Waals surface area contributed by atoms with Gasteiger partial charge in [0, 0.05) is 6.42 Å². The third kappa shape index (κ3) is 6.08. The Bertz CT molecular complexity index is 1130. The van der Waals surface area contributed by atoms with Crippen molar-refractivity contribution in [3.05, 3.63) is 29.8 Å². The molecule has 4 nitrogen and oxygen atoms in total. The molecule has 1 unspecified atom stereocenters. The van der Waals surface area contributed by atoms with Crippen LogP contribution in [-0.4, -0.2) is 29.2 Å². The van der Waals surface area contributed by atoms with Gasteiger partial charge in [0.05, 0.1) is 13.2 Å². The number of benzene rings is 1. The number of hydrogen-bond acceptors (Lipinski definition) is 4. The van der Waals surface area contributed by atoms with Crippen LogP contribution in [-0.2, 0) is 4.79 Å². The van der Waals surface area contributed by atoms with Crippen molar-refractivity contribution < 1.29 is 19.7 Å². The molecule has 42 heavy (non-hydrogen) atoms. The summed E-state index contributed by atoms with van der Waals surface area (Å²) in [7, 11) is 1.53. The van der Waals surface area contributed by atoms with E-state index in [-0.39, 0.29) is 17.6 Å². The Morgan fingerprint density at radius 3 is 2.48 bits per heavy atom. The van der Waals surface area contributed by atoms with Crippen LogP contribution < -0.4 is 4.74 Å². The van der Waals surface area contributed by atoms with E-state index in [9.17, 15) is 15.0 Å². The van der Waals surface area contributed by atoms with Gasteiger partial charge in [0.15, 0.2) is 17.3 Å². The maximum atomic E-state index is 12.8. The van der Waals surface area contributed by atoms with Gasteiger partial charge in [0.25, 0.3) is 0 Å². The van der Waals surface area contributed by atoms with Gasteiger partial charge >= 0.3 is 0 Å². The van der Waals surface area contributed by atoms with Crippen LogP contribution in [0, 0.1) is 58.2 Å². The molecule has 4 saturated carbocycles. The van der Waals surface area contributed by atoms with Crippen molar-refractivity contribution in [1.29, 1.82) is 0 Å². The number of hydrogen-bond donors (Lipinski definition) is 2. The Labute approximate surface area is 255 Å². The molecule has 4 aliphatic rings. The van der Waals surface area contributed by atoms with Gasteiger partial charge < -0.3 is 14.9 Å². The molecule has 0 bridgehead atoms. The molecule has 0 saturated heterocycles. The molecule has 5 rings (SSSR count). The molecular formula is C38H58O4. The van der Waals surface area contributed by atoms with E-state index in [0.29, 0.717) is 34.8 Å². The van der Waals surface area contributed by atoms with Gasteiger partial charge in [-0.05, 0) is 140 Å². The molecule has 1 aromatic rings. The van der Waals surface area contributed by atoms with Crippen molar-refractivity contribution in [2.45, 2.75) is 118 Å². The fraction of sp³-hybridized carbons (Fsp3) is 0.763. The number of carbonyl (C=O) groups excluding carboxylic acids is 1. The zero-order valence-electron chi connectivity index (χ0n) is 27.3. The first-order chi connectivity index (χ1) is 20.0. The number of allylic oxidation sites excluding steroid dienone is 1. The minimum Gasteiger partial charge on any atom is -0.504 e. The Morgan fingerprint density at radius 1 is 0.976 bits per heavy atom. The summed E-state index contributed by atoms with van der Waals surface area (Å²) in [5.74, 6) is 6.54. The second-order valence-corrected chi connectivity index (χ2v) is 15.8. The summed E-state index contributed by atoms with van der Waals surface area (Å²) in [6.07, 6.45) is 18.2. The number of rotatable bonds is 10. The first-order valence-electron chi connectivity index (χ1n) is 17.2. The van der Waals surface area contributed by atoms with Gasteiger partial charge in [0.2, 0.25) is 0 Å². The van der Waals surface area contributed by atoms with Crippen molar-refractivity contribution >= 4 is 11.9 Å². The highest BCUT2D eigenvalue weighted by molar-refractivity contribution is 5.93. The van der Waals surface area contributed by atoms with Crippen LogP contribution in [0.1, 0.15) is 117 Å². The SMILES string of the molecule is COc1cc(/C=C/C(=O)CC(C)[C@H](C)CC[C@@H](C)[C@H]2CC[C@H]3[C@@H]4CC[C@H]5C[C@@H](O)CC[C@]5(C)[C@H]4CC[C@]23C)ccc1O. The third-order valence-corrected chi connectivity index (χ3v) is 13.6. The first-order valence-corrected chi connectivity index (χ1v) is 17.2. The standard InChI is InChI=1S/C38H58O4/c1-24(26(3)21-29(39)12-9-27-10-16-35(41)36(22-27)42-6)7-8-25(2)32-14-15-33-31-13-11-28-23-30(40)17-19-37(28,4)34(31)18-20-38(32,33)5/h9-10,12,16,22,24-26,28,30-34,40-41H,7-8,11,13-15,17-21,23H2,1-6H3/b12-9+/t24-,25-,26?,28+,30+,31+,32-,33+,34+,37+,38-/m1/s1. The van der Waals surface area contributed by atoms with Crippen LogP contribution in [0.25, 0.3) is 6.08 Å². The van der Waals surface area contributed by atoms with Crippen LogP contribution in [0.4, 0.5) is 0 Å². The molecule has 0 spiro atoms. The fourth-order valence-corrected chi connectivity index (χ4v) is 10.8. The highest BCUT2D eigenvalue weighted by atomic mass is 16.5. The van der Waals surface area contributed by atoms with Gasteiger partial charge in [-0.2, -0.15) is 0 Å².